The molecular weight excluding hydrogens is 308 g/mol. The highest BCUT2D eigenvalue weighted by molar-refractivity contribution is 5.87. The fourth-order valence-corrected chi connectivity index (χ4v) is 2.92. The Morgan fingerprint density at radius 1 is 1.38 bits per heavy atom. The molecule has 1 atom stereocenters. The second kappa shape index (κ2) is 7.44. The lowest BCUT2D eigenvalue weighted by atomic mass is 10.2. The van der Waals surface area contributed by atoms with Crippen LogP contribution in [0.15, 0.2) is 24.3 Å². The molecule has 1 unspecified atom stereocenters. The molecule has 1 aromatic heterocycles. The van der Waals surface area contributed by atoms with Gasteiger partial charge in [-0.15, -0.1) is 0 Å². The Morgan fingerprint density at radius 3 is 3.04 bits per heavy atom. The van der Waals surface area contributed by atoms with Gasteiger partial charge in [0.1, 0.15) is 11.9 Å². The van der Waals surface area contributed by atoms with Crippen LogP contribution in [0.4, 0.5) is 0 Å². The summed E-state index contributed by atoms with van der Waals surface area (Å²) in [5, 5.41) is 12.5. The number of benzene rings is 1. The molecule has 0 bridgehead atoms. The number of aromatic nitrogens is 2. The third-order valence-electron chi connectivity index (χ3n) is 4.21. The first-order valence-electron chi connectivity index (χ1n) is 8.30. The number of nitrogens with zero attached hydrogens (tertiary/aromatic N) is 2. The number of likely N-dealkylation sites (tertiary alicyclic amines) is 1. The van der Waals surface area contributed by atoms with E-state index in [9.17, 15) is 14.7 Å². The third kappa shape index (κ3) is 3.91. The van der Waals surface area contributed by atoms with Gasteiger partial charge in [-0.1, -0.05) is 12.1 Å². The number of nitrogens with one attached hydrogen (secondary N) is 2. The summed E-state index contributed by atoms with van der Waals surface area (Å²) in [6.45, 7) is 0.964. The summed E-state index contributed by atoms with van der Waals surface area (Å²) in [4.78, 5) is 33.1. The number of para-hydroxylation sites is 2. The molecule has 0 radical (unpaired) electrons. The number of fused-ring (bicyclic) bond motifs is 1. The van der Waals surface area contributed by atoms with Crippen molar-refractivity contribution in [3.63, 3.8) is 0 Å². The molecule has 1 saturated heterocycles. The van der Waals surface area contributed by atoms with Gasteiger partial charge in [-0.05, 0) is 31.4 Å². The summed E-state index contributed by atoms with van der Waals surface area (Å²) < 4.78 is 0. The van der Waals surface area contributed by atoms with Crippen molar-refractivity contribution in [3.8, 4) is 0 Å². The molecule has 3 rings (SSSR count). The SMILES string of the molecule is O=C(CN1CCCCC(O)C1=O)NCCc1nc2ccccc2[nH]1. The number of aliphatic hydroxyl groups is 1. The van der Waals surface area contributed by atoms with E-state index in [0.717, 1.165) is 29.7 Å². The summed E-state index contributed by atoms with van der Waals surface area (Å²) >= 11 is 0. The van der Waals surface area contributed by atoms with Crippen molar-refractivity contribution in [1.29, 1.82) is 0 Å². The van der Waals surface area contributed by atoms with Gasteiger partial charge in [0.25, 0.3) is 5.91 Å². The first-order chi connectivity index (χ1) is 11.6. The van der Waals surface area contributed by atoms with Crippen LogP contribution >= 0.6 is 0 Å². The van der Waals surface area contributed by atoms with Crippen molar-refractivity contribution >= 4 is 22.8 Å². The number of imidazole rings is 1. The molecule has 2 amide bonds. The monoisotopic (exact) mass is 330 g/mol. The van der Waals surface area contributed by atoms with Crippen LogP contribution in [0.3, 0.4) is 0 Å². The van der Waals surface area contributed by atoms with Crippen molar-refractivity contribution in [2.45, 2.75) is 31.8 Å². The zero-order valence-corrected chi connectivity index (χ0v) is 13.5. The zero-order valence-electron chi connectivity index (χ0n) is 13.5. The maximum absolute atomic E-state index is 12.0. The molecule has 1 aliphatic heterocycles. The highest BCUT2D eigenvalue weighted by atomic mass is 16.3. The highest BCUT2D eigenvalue weighted by Gasteiger charge is 2.26. The summed E-state index contributed by atoms with van der Waals surface area (Å²) in [6.07, 6.45) is 1.71. The molecule has 128 valence electrons. The zero-order chi connectivity index (χ0) is 16.9. The van der Waals surface area contributed by atoms with E-state index >= 15 is 0 Å². The topological polar surface area (TPSA) is 98.3 Å². The maximum Gasteiger partial charge on any atom is 0.251 e. The smallest absolute Gasteiger partial charge is 0.251 e. The van der Waals surface area contributed by atoms with Crippen LogP contribution < -0.4 is 5.32 Å². The van der Waals surface area contributed by atoms with Crippen molar-refractivity contribution in [1.82, 2.24) is 20.2 Å². The molecule has 2 heterocycles. The molecule has 0 saturated carbocycles. The summed E-state index contributed by atoms with van der Waals surface area (Å²) in [5.74, 6) is 0.256. The van der Waals surface area contributed by atoms with Crippen molar-refractivity contribution in [2.24, 2.45) is 0 Å². The van der Waals surface area contributed by atoms with Crippen LogP contribution in [0.25, 0.3) is 11.0 Å². The van der Waals surface area contributed by atoms with E-state index in [1.807, 2.05) is 24.3 Å². The minimum absolute atomic E-state index is 0.00394. The molecular formula is C17H22N4O3. The van der Waals surface area contributed by atoms with E-state index < -0.39 is 6.10 Å². The predicted octanol–water partition coefficient (Wildman–Crippen LogP) is 0.595. The number of amides is 2. The van der Waals surface area contributed by atoms with E-state index in [2.05, 4.69) is 15.3 Å². The van der Waals surface area contributed by atoms with E-state index in [1.54, 1.807) is 0 Å². The molecule has 0 spiro atoms. The Balaban J connectivity index is 1.47. The average Bonchev–Trinajstić information content (AvgIpc) is 2.92. The molecule has 2 aromatic rings. The Bertz CT molecular complexity index is 694. The molecule has 7 heteroatoms. The molecule has 1 aromatic carbocycles. The number of rotatable bonds is 5. The Hall–Kier alpha value is -2.41. The van der Waals surface area contributed by atoms with Gasteiger partial charge in [-0.2, -0.15) is 0 Å². The van der Waals surface area contributed by atoms with Crippen molar-refractivity contribution in [2.75, 3.05) is 19.6 Å². The van der Waals surface area contributed by atoms with Crippen LogP contribution in [0.1, 0.15) is 25.1 Å². The van der Waals surface area contributed by atoms with Gasteiger partial charge < -0.3 is 20.3 Å². The minimum Gasteiger partial charge on any atom is -0.383 e. The third-order valence-corrected chi connectivity index (χ3v) is 4.21. The van der Waals surface area contributed by atoms with E-state index in [-0.39, 0.29) is 18.4 Å². The van der Waals surface area contributed by atoms with Gasteiger partial charge in [-0.3, -0.25) is 9.59 Å². The van der Waals surface area contributed by atoms with E-state index in [4.69, 9.17) is 0 Å². The number of H-pyrrole nitrogens is 1. The maximum atomic E-state index is 12.0. The van der Waals surface area contributed by atoms with Gasteiger partial charge >= 0.3 is 0 Å². The lowest BCUT2D eigenvalue weighted by Crippen LogP contribution is -2.44. The van der Waals surface area contributed by atoms with Crippen LogP contribution in [-0.4, -0.2) is 57.5 Å². The number of carbonyl (C=O) groups excluding carboxylic acids is 2. The Morgan fingerprint density at radius 2 is 2.21 bits per heavy atom. The fraction of sp³-hybridized carbons (Fsp3) is 0.471. The molecule has 1 aliphatic rings. The summed E-state index contributed by atoms with van der Waals surface area (Å²) in [6, 6.07) is 7.77. The Labute approximate surface area is 140 Å². The van der Waals surface area contributed by atoms with E-state index in [1.165, 1.54) is 4.90 Å². The lowest BCUT2D eigenvalue weighted by molar-refractivity contribution is -0.142. The normalized spacial score (nSPS) is 18.6. The second-order valence-electron chi connectivity index (χ2n) is 6.07. The molecule has 24 heavy (non-hydrogen) atoms. The number of carbonyl (C=O) groups is 2. The van der Waals surface area contributed by atoms with Gasteiger partial charge in [0.05, 0.1) is 17.6 Å². The fourth-order valence-electron chi connectivity index (χ4n) is 2.92. The van der Waals surface area contributed by atoms with Gasteiger partial charge in [0, 0.05) is 19.5 Å². The Kier molecular flexibility index (Phi) is 5.10. The highest BCUT2D eigenvalue weighted by Crippen LogP contribution is 2.12. The summed E-state index contributed by atoms with van der Waals surface area (Å²) in [5.41, 5.74) is 1.88. The molecule has 3 N–H and O–H groups in total. The van der Waals surface area contributed by atoms with Crippen LogP contribution in [0, 0.1) is 0 Å². The minimum atomic E-state index is -0.976. The molecule has 7 nitrogen and oxygen atoms in total. The van der Waals surface area contributed by atoms with E-state index in [0.29, 0.717) is 25.9 Å². The largest absolute Gasteiger partial charge is 0.383 e. The predicted molar refractivity (Wildman–Crippen MR) is 89.2 cm³/mol. The molecule has 0 aliphatic carbocycles. The summed E-state index contributed by atoms with van der Waals surface area (Å²) in [7, 11) is 0. The van der Waals surface area contributed by atoms with Crippen molar-refractivity contribution < 1.29 is 14.7 Å². The van der Waals surface area contributed by atoms with Gasteiger partial charge in [0.2, 0.25) is 5.91 Å². The first-order valence-corrected chi connectivity index (χ1v) is 8.30. The lowest BCUT2D eigenvalue weighted by Gasteiger charge is -2.21. The molecule has 1 fully saturated rings. The standard InChI is InChI=1S/C17H22N4O3/c22-14-7-3-4-10-21(17(14)24)11-16(23)18-9-8-15-19-12-5-1-2-6-13(12)20-15/h1-2,5-6,14,22H,3-4,7-11H2,(H,18,23)(H,19,20). The second-order valence-corrected chi connectivity index (χ2v) is 6.07. The van der Waals surface area contributed by atoms with Crippen LogP contribution in [0.5, 0.6) is 0 Å². The number of hydrogen-bond donors (Lipinski definition) is 3. The first kappa shape index (κ1) is 16.4. The number of hydrogen-bond acceptors (Lipinski definition) is 4. The number of aliphatic hydroxyl groups excluding tert-OH is 1. The van der Waals surface area contributed by atoms with Gasteiger partial charge in [-0.25, -0.2) is 4.98 Å². The van der Waals surface area contributed by atoms with Crippen molar-refractivity contribution in [3.05, 3.63) is 30.1 Å². The number of aromatic amines is 1. The average molecular weight is 330 g/mol. The van der Waals surface area contributed by atoms with Gasteiger partial charge in [0.15, 0.2) is 0 Å². The quantitative estimate of drug-likeness (QED) is 0.747. The van der Waals surface area contributed by atoms with Crippen LogP contribution in [-0.2, 0) is 16.0 Å². The van der Waals surface area contributed by atoms with Crippen LogP contribution in [0.2, 0.25) is 0 Å².